The molecule has 2 rings (SSSR count). The molecule has 0 radical (unpaired) electrons. The van der Waals surface area contributed by atoms with E-state index in [0.29, 0.717) is 13.0 Å². The smallest absolute Gasteiger partial charge is 0.340 e. The van der Waals surface area contributed by atoms with Gasteiger partial charge < -0.3 is 10.1 Å². The maximum atomic E-state index is 13.0. The third kappa shape index (κ3) is 5.63. The van der Waals surface area contributed by atoms with Crippen LogP contribution in [0.1, 0.15) is 22.8 Å². The molecule has 0 fully saturated rings. The van der Waals surface area contributed by atoms with E-state index in [2.05, 4.69) is 21.2 Å². The summed E-state index contributed by atoms with van der Waals surface area (Å²) in [7, 11) is 0. The highest BCUT2D eigenvalue weighted by atomic mass is 79.9. The van der Waals surface area contributed by atoms with Crippen molar-refractivity contribution in [2.75, 3.05) is 6.54 Å². The normalized spacial score (nSPS) is 11.7. The van der Waals surface area contributed by atoms with Gasteiger partial charge in [0.15, 0.2) is 6.10 Å². The van der Waals surface area contributed by atoms with Crippen LogP contribution in [0.3, 0.4) is 0 Å². The van der Waals surface area contributed by atoms with Crippen molar-refractivity contribution in [1.29, 1.82) is 0 Å². The zero-order chi connectivity index (χ0) is 18.4. The van der Waals surface area contributed by atoms with Crippen LogP contribution in [0.4, 0.5) is 8.78 Å². The Balaban J connectivity index is 1.83. The SMILES string of the molecule is C[C@H](OC(=O)c1ccc(F)cc1Br)C(=O)NCCc1ccc(F)cc1. The van der Waals surface area contributed by atoms with Crippen molar-refractivity contribution in [3.05, 3.63) is 69.7 Å². The minimum Gasteiger partial charge on any atom is -0.449 e. The van der Waals surface area contributed by atoms with Gasteiger partial charge in [0, 0.05) is 11.0 Å². The summed E-state index contributed by atoms with van der Waals surface area (Å²) in [5.41, 5.74) is 1.01. The van der Waals surface area contributed by atoms with Gasteiger partial charge in [0.25, 0.3) is 5.91 Å². The number of esters is 1. The lowest BCUT2D eigenvalue weighted by Crippen LogP contribution is -2.37. The zero-order valence-corrected chi connectivity index (χ0v) is 15.0. The van der Waals surface area contributed by atoms with Crippen LogP contribution >= 0.6 is 15.9 Å². The predicted molar refractivity (Wildman–Crippen MR) is 92.1 cm³/mol. The van der Waals surface area contributed by atoms with Crippen LogP contribution in [-0.4, -0.2) is 24.5 Å². The van der Waals surface area contributed by atoms with Crippen molar-refractivity contribution in [3.8, 4) is 0 Å². The second-order valence-electron chi connectivity index (χ2n) is 5.34. The van der Waals surface area contributed by atoms with Gasteiger partial charge in [-0.05, 0) is 65.2 Å². The van der Waals surface area contributed by atoms with Gasteiger partial charge in [-0.25, -0.2) is 13.6 Å². The molecule has 0 saturated carbocycles. The van der Waals surface area contributed by atoms with Crippen LogP contribution in [-0.2, 0) is 16.0 Å². The van der Waals surface area contributed by atoms with E-state index in [-0.39, 0.29) is 15.9 Å². The van der Waals surface area contributed by atoms with Gasteiger partial charge in [-0.1, -0.05) is 12.1 Å². The Labute approximate surface area is 152 Å². The molecule has 0 unspecified atom stereocenters. The van der Waals surface area contributed by atoms with Crippen LogP contribution in [0.2, 0.25) is 0 Å². The Morgan fingerprint density at radius 3 is 2.40 bits per heavy atom. The Morgan fingerprint density at radius 1 is 1.12 bits per heavy atom. The highest BCUT2D eigenvalue weighted by Gasteiger charge is 2.20. The molecule has 4 nitrogen and oxygen atoms in total. The Bertz CT molecular complexity index is 765. The highest BCUT2D eigenvalue weighted by Crippen LogP contribution is 2.19. The minimum atomic E-state index is -1.00. The topological polar surface area (TPSA) is 55.4 Å². The van der Waals surface area contributed by atoms with E-state index < -0.39 is 23.8 Å². The van der Waals surface area contributed by atoms with Crippen molar-refractivity contribution >= 4 is 27.8 Å². The molecular formula is C18H16BrF2NO3. The maximum Gasteiger partial charge on any atom is 0.340 e. The minimum absolute atomic E-state index is 0.132. The number of hydrogen-bond donors (Lipinski definition) is 1. The van der Waals surface area contributed by atoms with Crippen molar-refractivity contribution < 1.29 is 23.1 Å². The van der Waals surface area contributed by atoms with E-state index in [1.807, 2.05) is 0 Å². The largest absolute Gasteiger partial charge is 0.449 e. The number of halogens is 3. The monoisotopic (exact) mass is 411 g/mol. The zero-order valence-electron chi connectivity index (χ0n) is 13.4. The molecule has 0 aliphatic rings. The molecule has 0 aromatic heterocycles. The molecule has 1 N–H and O–H groups in total. The van der Waals surface area contributed by atoms with E-state index in [0.717, 1.165) is 17.7 Å². The van der Waals surface area contributed by atoms with Gasteiger partial charge in [-0.3, -0.25) is 4.79 Å². The third-order valence-corrected chi connectivity index (χ3v) is 4.09. The molecule has 0 saturated heterocycles. The molecule has 0 heterocycles. The van der Waals surface area contributed by atoms with E-state index in [1.54, 1.807) is 12.1 Å². The fourth-order valence-corrected chi connectivity index (χ4v) is 2.57. The van der Waals surface area contributed by atoms with Crippen LogP contribution in [0.25, 0.3) is 0 Å². The lowest BCUT2D eigenvalue weighted by atomic mass is 10.1. The molecule has 0 bridgehead atoms. The second kappa shape index (κ2) is 8.71. The van der Waals surface area contributed by atoms with Crippen LogP contribution in [0.15, 0.2) is 46.9 Å². The lowest BCUT2D eigenvalue weighted by molar-refractivity contribution is -0.129. The predicted octanol–water partition coefficient (Wildman–Crippen LogP) is 3.63. The van der Waals surface area contributed by atoms with Crippen molar-refractivity contribution in [3.63, 3.8) is 0 Å². The van der Waals surface area contributed by atoms with Gasteiger partial charge in [-0.2, -0.15) is 0 Å². The molecule has 0 spiro atoms. The fourth-order valence-electron chi connectivity index (χ4n) is 2.06. The number of hydrogen-bond acceptors (Lipinski definition) is 3. The summed E-state index contributed by atoms with van der Waals surface area (Å²) in [4.78, 5) is 24.0. The first-order valence-corrected chi connectivity index (χ1v) is 8.34. The molecule has 2 aromatic rings. The van der Waals surface area contributed by atoms with Crippen LogP contribution in [0.5, 0.6) is 0 Å². The van der Waals surface area contributed by atoms with E-state index in [4.69, 9.17) is 4.74 Å². The number of ether oxygens (including phenoxy) is 1. The summed E-state index contributed by atoms with van der Waals surface area (Å²) in [6.45, 7) is 1.77. The molecule has 7 heteroatoms. The van der Waals surface area contributed by atoms with Crippen molar-refractivity contribution in [1.82, 2.24) is 5.32 Å². The molecule has 1 atom stereocenters. The first-order chi connectivity index (χ1) is 11.9. The maximum absolute atomic E-state index is 13.0. The first kappa shape index (κ1) is 19.1. The summed E-state index contributed by atoms with van der Waals surface area (Å²) in [5.74, 6) is -1.99. The van der Waals surface area contributed by atoms with E-state index >= 15 is 0 Å². The number of rotatable bonds is 6. The molecule has 0 aliphatic carbocycles. The highest BCUT2D eigenvalue weighted by molar-refractivity contribution is 9.10. The molecule has 25 heavy (non-hydrogen) atoms. The van der Waals surface area contributed by atoms with Crippen molar-refractivity contribution in [2.45, 2.75) is 19.4 Å². The van der Waals surface area contributed by atoms with Crippen LogP contribution < -0.4 is 5.32 Å². The molecule has 132 valence electrons. The van der Waals surface area contributed by atoms with Gasteiger partial charge in [0.05, 0.1) is 5.56 Å². The molecule has 0 aliphatic heterocycles. The molecular weight excluding hydrogens is 396 g/mol. The van der Waals surface area contributed by atoms with Crippen molar-refractivity contribution in [2.24, 2.45) is 0 Å². The standard InChI is InChI=1S/C18H16BrF2NO3/c1-11(25-18(24)15-7-6-14(21)10-16(15)19)17(23)22-9-8-12-2-4-13(20)5-3-12/h2-7,10-11H,8-9H2,1H3,(H,22,23)/t11-/m0/s1. The number of carbonyl (C=O) groups is 2. The average molecular weight is 412 g/mol. The van der Waals surface area contributed by atoms with Gasteiger partial charge in [0.2, 0.25) is 0 Å². The lowest BCUT2D eigenvalue weighted by Gasteiger charge is -2.14. The summed E-state index contributed by atoms with van der Waals surface area (Å²) in [6, 6.07) is 9.53. The summed E-state index contributed by atoms with van der Waals surface area (Å²) < 4.78 is 31.2. The molecule has 1 amide bonds. The van der Waals surface area contributed by atoms with Gasteiger partial charge in [0.1, 0.15) is 11.6 Å². The van der Waals surface area contributed by atoms with Gasteiger partial charge in [-0.15, -0.1) is 0 Å². The second-order valence-corrected chi connectivity index (χ2v) is 6.19. The Morgan fingerprint density at radius 2 is 1.76 bits per heavy atom. The summed E-state index contributed by atoms with van der Waals surface area (Å²) >= 11 is 3.08. The summed E-state index contributed by atoms with van der Waals surface area (Å²) in [5, 5.41) is 2.64. The Hall–Kier alpha value is -2.28. The number of amides is 1. The third-order valence-electron chi connectivity index (χ3n) is 3.43. The average Bonchev–Trinajstić information content (AvgIpc) is 2.56. The van der Waals surface area contributed by atoms with E-state index in [1.165, 1.54) is 25.1 Å². The van der Waals surface area contributed by atoms with Crippen LogP contribution in [0, 0.1) is 11.6 Å². The summed E-state index contributed by atoms with van der Waals surface area (Å²) in [6.07, 6.45) is -0.478. The molecule has 2 aromatic carbocycles. The quantitative estimate of drug-likeness (QED) is 0.738. The van der Waals surface area contributed by atoms with Gasteiger partial charge >= 0.3 is 5.97 Å². The number of nitrogens with one attached hydrogen (secondary N) is 1. The number of benzene rings is 2. The Kier molecular flexibility index (Phi) is 6.64. The first-order valence-electron chi connectivity index (χ1n) is 7.55. The number of carbonyl (C=O) groups excluding carboxylic acids is 2. The fraction of sp³-hybridized carbons (Fsp3) is 0.222. The van der Waals surface area contributed by atoms with E-state index in [9.17, 15) is 18.4 Å².